The Bertz CT molecular complexity index is 926. The molecular formula is C19H21N5OS. The predicted molar refractivity (Wildman–Crippen MR) is 109 cm³/mol. The maximum absolute atomic E-state index is 11.8. The quantitative estimate of drug-likeness (QED) is 0.379. The molecule has 0 saturated carbocycles. The third-order valence-electron chi connectivity index (χ3n) is 3.92. The van der Waals surface area contributed by atoms with Crippen molar-refractivity contribution < 1.29 is 0 Å². The van der Waals surface area contributed by atoms with Crippen molar-refractivity contribution in [3.8, 4) is 0 Å². The number of rotatable bonds is 7. The lowest BCUT2D eigenvalue weighted by Crippen LogP contribution is -2.35. The molecule has 0 atom stereocenters. The van der Waals surface area contributed by atoms with E-state index in [2.05, 4.69) is 38.3 Å². The summed E-state index contributed by atoms with van der Waals surface area (Å²) in [6.45, 7) is 2.17. The van der Waals surface area contributed by atoms with Gasteiger partial charge < -0.3 is 16.0 Å². The van der Waals surface area contributed by atoms with E-state index in [0.29, 0.717) is 22.9 Å². The zero-order chi connectivity index (χ0) is 18.2. The van der Waals surface area contributed by atoms with Gasteiger partial charge in [-0.25, -0.2) is 5.10 Å². The molecule has 3 aromatic rings. The van der Waals surface area contributed by atoms with E-state index in [4.69, 9.17) is 12.2 Å². The molecule has 2 aromatic carbocycles. The highest BCUT2D eigenvalue weighted by atomic mass is 32.1. The first kappa shape index (κ1) is 17.9. The minimum Gasteiger partial charge on any atom is -0.368 e. The van der Waals surface area contributed by atoms with Crippen LogP contribution < -0.4 is 21.5 Å². The lowest BCUT2D eigenvalue weighted by molar-refractivity contribution is 0.774. The highest BCUT2D eigenvalue weighted by Gasteiger charge is 2.04. The Morgan fingerprint density at radius 2 is 1.69 bits per heavy atom. The Morgan fingerprint density at radius 1 is 0.962 bits per heavy atom. The van der Waals surface area contributed by atoms with Gasteiger partial charge in [0.05, 0.1) is 5.39 Å². The second-order valence-corrected chi connectivity index (χ2v) is 6.23. The molecule has 0 radical (unpaired) electrons. The molecule has 26 heavy (non-hydrogen) atoms. The monoisotopic (exact) mass is 367 g/mol. The second kappa shape index (κ2) is 8.96. The van der Waals surface area contributed by atoms with E-state index in [-0.39, 0.29) is 5.56 Å². The van der Waals surface area contributed by atoms with Crippen molar-refractivity contribution in [3.63, 3.8) is 0 Å². The fourth-order valence-corrected chi connectivity index (χ4v) is 2.76. The van der Waals surface area contributed by atoms with Gasteiger partial charge in [-0.2, -0.15) is 5.10 Å². The van der Waals surface area contributed by atoms with E-state index < -0.39 is 0 Å². The van der Waals surface area contributed by atoms with E-state index >= 15 is 0 Å². The number of H-pyrrole nitrogens is 1. The zero-order valence-electron chi connectivity index (χ0n) is 14.3. The van der Waals surface area contributed by atoms with Crippen LogP contribution in [0.25, 0.3) is 10.8 Å². The van der Waals surface area contributed by atoms with E-state index in [9.17, 15) is 4.79 Å². The Kier molecular flexibility index (Phi) is 6.16. The standard InChI is InChI=1S/C19H21N5OS/c25-18-16-10-5-4-9-15(16)17(23-24-18)20-11-6-12-21-19(26)22-13-14-7-2-1-3-8-14/h1-5,7-10H,6,11-13H2,(H,20,23)(H,24,25)(H2,21,22,26). The average molecular weight is 367 g/mol. The molecule has 3 rings (SSSR count). The normalized spacial score (nSPS) is 10.5. The first-order valence-electron chi connectivity index (χ1n) is 8.51. The number of benzene rings is 2. The van der Waals surface area contributed by atoms with Gasteiger partial charge in [0.15, 0.2) is 10.9 Å². The molecule has 134 valence electrons. The molecule has 0 aliphatic heterocycles. The van der Waals surface area contributed by atoms with Crippen LogP contribution in [0.3, 0.4) is 0 Å². The molecule has 0 fully saturated rings. The molecule has 0 spiro atoms. The molecule has 0 amide bonds. The maximum Gasteiger partial charge on any atom is 0.272 e. The highest BCUT2D eigenvalue weighted by Crippen LogP contribution is 2.16. The van der Waals surface area contributed by atoms with Gasteiger partial charge in [-0.3, -0.25) is 4.79 Å². The summed E-state index contributed by atoms with van der Waals surface area (Å²) in [4.78, 5) is 11.8. The van der Waals surface area contributed by atoms with Gasteiger partial charge >= 0.3 is 0 Å². The third kappa shape index (κ3) is 4.80. The lowest BCUT2D eigenvalue weighted by Gasteiger charge is -2.11. The summed E-state index contributed by atoms with van der Waals surface area (Å²) in [6.07, 6.45) is 0.863. The van der Waals surface area contributed by atoms with Crippen LogP contribution in [-0.4, -0.2) is 28.4 Å². The molecule has 0 aliphatic carbocycles. The molecule has 1 heterocycles. The van der Waals surface area contributed by atoms with E-state index in [1.807, 2.05) is 36.4 Å². The van der Waals surface area contributed by atoms with Crippen molar-refractivity contribution in [2.24, 2.45) is 0 Å². The fraction of sp³-hybridized carbons (Fsp3) is 0.211. The summed E-state index contributed by atoms with van der Waals surface area (Å²) in [5.74, 6) is 0.685. The van der Waals surface area contributed by atoms with E-state index in [1.54, 1.807) is 6.07 Å². The number of hydrogen-bond acceptors (Lipinski definition) is 4. The summed E-state index contributed by atoms with van der Waals surface area (Å²) >= 11 is 5.28. The summed E-state index contributed by atoms with van der Waals surface area (Å²) < 4.78 is 0. The summed E-state index contributed by atoms with van der Waals surface area (Å²) in [6, 6.07) is 17.5. The smallest absolute Gasteiger partial charge is 0.272 e. The topological polar surface area (TPSA) is 81.8 Å². The number of thiocarbonyl (C=S) groups is 1. The van der Waals surface area contributed by atoms with Gasteiger partial charge in [0, 0.05) is 25.0 Å². The third-order valence-corrected chi connectivity index (χ3v) is 4.21. The Hall–Kier alpha value is -2.93. The van der Waals surface area contributed by atoms with Crippen LogP contribution in [-0.2, 0) is 6.54 Å². The SMILES string of the molecule is O=c1[nH]nc(NCCCNC(=S)NCc2ccccc2)c2ccccc12. The first-order chi connectivity index (χ1) is 12.7. The van der Waals surface area contributed by atoms with Crippen molar-refractivity contribution in [1.82, 2.24) is 20.8 Å². The van der Waals surface area contributed by atoms with Gasteiger partial charge in [0.2, 0.25) is 0 Å². The molecule has 6 nitrogen and oxygen atoms in total. The minimum absolute atomic E-state index is 0.178. The van der Waals surface area contributed by atoms with Gasteiger partial charge in [-0.05, 0) is 30.3 Å². The number of aromatic amines is 1. The molecule has 0 unspecified atom stereocenters. The van der Waals surface area contributed by atoms with E-state index in [0.717, 1.165) is 24.9 Å². The molecule has 1 aromatic heterocycles. The number of anilines is 1. The molecule has 0 aliphatic rings. The number of nitrogens with zero attached hydrogens (tertiary/aromatic N) is 1. The van der Waals surface area contributed by atoms with Crippen LogP contribution in [0.2, 0.25) is 0 Å². The van der Waals surface area contributed by atoms with Crippen LogP contribution in [0.1, 0.15) is 12.0 Å². The molecule has 4 N–H and O–H groups in total. The zero-order valence-corrected chi connectivity index (χ0v) is 15.1. The predicted octanol–water partition coefficient (Wildman–Crippen LogP) is 2.39. The maximum atomic E-state index is 11.8. The van der Waals surface area contributed by atoms with Gasteiger partial charge in [0.25, 0.3) is 5.56 Å². The molecule has 0 saturated heterocycles. The molecule has 7 heteroatoms. The summed E-state index contributed by atoms with van der Waals surface area (Å²) in [5.41, 5.74) is 1.01. The van der Waals surface area contributed by atoms with Gasteiger partial charge in [-0.15, -0.1) is 0 Å². The van der Waals surface area contributed by atoms with Gasteiger partial charge in [-0.1, -0.05) is 48.5 Å². The average Bonchev–Trinajstić information content (AvgIpc) is 2.69. The van der Waals surface area contributed by atoms with Crippen LogP contribution in [0.15, 0.2) is 59.4 Å². The minimum atomic E-state index is -0.178. The number of fused-ring (bicyclic) bond motifs is 1. The molecular weight excluding hydrogens is 346 g/mol. The first-order valence-corrected chi connectivity index (χ1v) is 8.92. The lowest BCUT2D eigenvalue weighted by atomic mass is 10.2. The summed E-state index contributed by atoms with van der Waals surface area (Å²) in [7, 11) is 0. The largest absolute Gasteiger partial charge is 0.368 e. The van der Waals surface area contributed by atoms with Crippen molar-refractivity contribution in [2.45, 2.75) is 13.0 Å². The highest BCUT2D eigenvalue weighted by molar-refractivity contribution is 7.80. The van der Waals surface area contributed by atoms with Crippen molar-refractivity contribution >= 4 is 33.9 Å². The van der Waals surface area contributed by atoms with Crippen molar-refractivity contribution in [1.29, 1.82) is 0 Å². The second-order valence-electron chi connectivity index (χ2n) is 5.82. The van der Waals surface area contributed by atoms with Crippen molar-refractivity contribution in [2.75, 3.05) is 18.4 Å². The number of nitrogens with one attached hydrogen (secondary N) is 4. The Morgan fingerprint density at radius 3 is 2.50 bits per heavy atom. The van der Waals surface area contributed by atoms with Crippen LogP contribution in [0, 0.1) is 0 Å². The van der Waals surface area contributed by atoms with Crippen LogP contribution in [0.5, 0.6) is 0 Å². The van der Waals surface area contributed by atoms with Gasteiger partial charge in [0.1, 0.15) is 0 Å². The van der Waals surface area contributed by atoms with Crippen molar-refractivity contribution in [3.05, 3.63) is 70.5 Å². The Balaban J connectivity index is 1.40. The van der Waals surface area contributed by atoms with Crippen LogP contribution >= 0.6 is 12.2 Å². The summed E-state index contributed by atoms with van der Waals surface area (Å²) in [5, 5.41) is 18.3. The van der Waals surface area contributed by atoms with Crippen LogP contribution in [0.4, 0.5) is 5.82 Å². The fourth-order valence-electron chi connectivity index (χ4n) is 2.59. The molecule has 0 bridgehead atoms. The van der Waals surface area contributed by atoms with E-state index in [1.165, 1.54) is 5.56 Å². The Labute approximate surface area is 157 Å². The number of aromatic nitrogens is 2. The number of hydrogen-bond donors (Lipinski definition) is 4.